The van der Waals surface area contributed by atoms with Crippen molar-refractivity contribution >= 4 is 17.5 Å². The number of aromatic hydroxyl groups is 1. The minimum Gasteiger partial charge on any atom is -0.506 e. The van der Waals surface area contributed by atoms with E-state index in [1.54, 1.807) is 0 Å². The number of phenolic OH excluding ortho intramolecular Hbond substituents is 1. The number of nitriles is 1. The third kappa shape index (κ3) is 3.14. The number of rotatable bonds is 3. The maximum Gasteiger partial charge on any atom is 0.255 e. The molecule has 1 amide bonds. The molecular formula is C12H9ClN2O2. The molecule has 0 atom stereocenters. The average molecular weight is 249 g/mol. The van der Waals surface area contributed by atoms with Gasteiger partial charge in [-0.1, -0.05) is 17.5 Å². The Morgan fingerprint density at radius 3 is 2.76 bits per heavy atom. The summed E-state index contributed by atoms with van der Waals surface area (Å²) in [6.45, 7) is -0.0492. The van der Waals surface area contributed by atoms with Gasteiger partial charge < -0.3 is 10.0 Å². The minimum absolute atomic E-state index is 0.0465. The zero-order valence-corrected chi connectivity index (χ0v) is 9.61. The minimum atomic E-state index is -0.397. The molecule has 0 saturated heterocycles. The first kappa shape index (κ1) is 12.9. The Bertz CT molecular complexity index is 498. The Labute approximate surface area is 104 Å². The number of hydrogen-bond acceptors (Lipinski definition) is 3. The molecule has 0 fully saturated rings. The summed E-state index contributed by atoms with van der Waals surface area (Å²) in [6.07, 6.45) is 5.11. The highest BCUT2D eigenvalue weighted by molar-refractivity contribution is 6.32. The maximum atomic E-state index is 11.9. The van der Waals surface area contributed by atoms with Crippen LogP contribution in [0.15, 0.2) is 18.2 Å². The number of halogens is 1. The van der Waals surface area contributed by atoms with Crippen molar-refractivity contribution < 1.29 is 9.90 Å². The standard InChI is InChI=1S/C12H9ClN2O2/c1-2-6-15(7-5-14)12(17)9-3-4-11(16)10(13)8-9/h1,3-4,8,16H,6-7H2. The largest absolute Gasteiger partial charge is 0.506 e. The van der Waals surface area contributed by atoms with Crippen LogP contribution in [-0.4, -0.2) is 29.0 Å². The second kappa shape index (κ2) is 5.79. The van der Waals surface area contributed by atoms with Gasteiger partial charge in [0.2, 0.25) is 0 Å². The fourth-order valence-corrected chi connectivity index (χ4v) is 1.40. The van der Waals surface area contributed by atoms with Gasteiger partial charge in [0.15, 0.2) is 0 Å². The quantitative estimate of drug-likeness (QED) is 0.653. The molecule has 0 unspecified atom stereocenters. The van der Waals surface area contributed by atoms with E-state index >= 15 is 0 Å². The van der Waals surface area contributed by atoms with E-state index in [-0.39, 0.29) is 29.4 Å². The van der Waals surface area contributed by atoms with E-state index in [4.69, 9.17) is 23.3 Å². The van der Waals surface area contributed by atoms with Gasteiger partial charge in [0.1, 0.15) is 12.3 Å². The van der Waals surface area contributed by atoms with E-state index in [1.165, 1.54) is 23.1 Å². The highest BCUT2D eigenvalue weighted by atomic mass is 35.5. The lowest BCUT2D eigenvalue weighted by Gasteiger charge is -2.16. The van der Waals surface area contributed by atoms with Gasteiger partial charge in [-0.15, -0.1) is 6.42 Å². The molecule has 0 aromatic heterocycles. The van der Waals surface area contributed by atoms with Crippen molar-refractivity contribution in [3.63, 3.8) is 0 Å². The molecule has 86 valence electrons. The zero-order valence-electron chi connectivity index (χ0n) is 8.85. The Balaban J connectivity index is 2.98. The van der Waals surface area contributed by atoms with E-state index in [0.717, 1.165) is 0 Å². The third-order valence-electron chi connectivity index (χ3n) is 2.03. The van der Waals surface area contributed by atoms with E-state index in [0.29, 0.717) is 0 Å². The molecule has 1 N–H and O–H groups in total. The van der Waals surface area contributed by atoms with Gasteiger partial charge in [0, 0.05) is 5.56 Å². The highest BCUT2D eigenvalue weighted by Crippen LogP contribution is 2.24. The molecule has 0 aliphatic heterocycles. The molecular weight excluding hydrogens is 240 g/mol. The van der Waals surface area contributed by atoms with Gasteiger partial charge in [-0.3, -0.25) is 4.79 Å². The summed E-state index contributed by atoms with van der Waals surface area (Å²) in [5.74, 6) is 1.80. The number of terminal acetylenes is 1. The summed E-state index contributed by atoms with van der Waals surface area (Å²) in [5.41, 5.74) is 0.276. The molecule has 0 saturated carbocycles. The molecule has 0 radical (unpaired) electrons. The van der Waals surface area contributed by atoms with Gasteiger partial charge in [-0.25, -0.2) is 0 Å². The second-order valence-corrected chi connectivity index (χ2v) is 3.60. The summed E-state index contributed by atoms with van der Waals surface area (Å²) >= 11 is 5.69. The number of carbonyl (C=O) groups excluding carboxylic acids is 1. The summed E-state index contributed by atoms with van der Waals surface area (Å²) in [5, 5.41) is 17.9. The summed E-state index contributed by atoms with van der Waals surface area (Å²) in [7, 11) is 0. The highest BCUT2D eigenvalue weighted by Gasteiger charge is 2.15. The lowest BCUT2D eigenvalue weighted by atomic mass is 10.2. The topological polar surface area (TPSA) is 64.3 Å². The predicted octanol–water partition coefficient (Wildman–Crippen LogP) is 1.64. The van der Waals surface area contributed by atoms with Gasteiger partial charge in [-0.05, 0) is 18.2 Å². The van der Waals surface area contributed by atoms with Crippen molar-refractivity contribution in [1.29, 1.82) is 5.26 Å². The molecule has 0 aliphatic carbocycles. The van der Waals surface area contributed by atoms with E-state index < -0.39 is 5.91 Å². The Hall–Kier alpha value is -2.17. The first-order chi connectivity index (χ1) is 8.10. The molecule has 5 heteroatoms. The van der Waals surface area contributed by atoms with Gasteiger partial charge in [0.25, 0.3) is 5.91 Å². The first-order valence-electron chi connectivity index (χ1n) is 4.68. The number of carbonyl (C=O) groups is 1. The molecule has 0 heterocycles. The van der Waals surface area contributed by atoms with Crippen molar-refractivity contribution in [1.82, 2.24) is 4.90 Å². The van der Waals surface area contributed by atoms with Crippen LogP contribution in [0, 0.1) is 23.7 Å². The Kier molecular flexibility index (Phi) is 4.39. The molecule has 1 rings (SSSR count). The normalized spacial score (nSPS) is 9.12. The van der Waals surface area contributed by atoms with Crippen LogP contribution in [0.3, 0.4) is 0 Å². The van der Waals surface area contributed by atoms with E-state index in [1.807, 2.05) is 6.07 Å². The van der Waals surface area contributed by atoms with Crippen molar-refractivity contribution in [2.45, 2.75) is 0 Å². The number of phenols is 1. The lowest BCUT2D eigenvalue weighted by molar-refractivity contribution is 0.0795. The van der Waals surface area contributed by atoms with Crippen molar-refractivity contribution in [3.8, 4) is 24.2 Å². The number of hydrogen-bond donors (Lipinski definition) is 1. The summed E-state index contributed by atoms with van der Waals surface area (Å²) < 4.78 is 0. The van der Waals surface area contributed by atoms with Crippen LogP contribution >= 0.6 is 11.6 Å². The van der Waals surface area contributed by atoms with Crippen LogP contribution in [0.1, 0.15) is 10.4 Å². The van der Waals surface area contributed by atoms with Crippen LogP contribution in [0.5, 0.6) is 5.75 Å². The summed E-state index contributed by atoms with van der Waals surface area (Å²) in [4.78, 5) is 13.1. The van der Waals surface area contributed by atoms with Crippen LogP contribution < -0.4 is 0 Å². The fraction of sp³-hybridized carbons (Fsp3) is 0.167. The predicted molar refractivity (Wildman–Crippen MR) is 63.5 cm³/mol. The van der Waals surface area contributed by atoms with Crippen molar-refractivity contribution in [3.05, 3.63) is 28.8 Å². The van der Waals surface area contributed by atoms with Crippen LogP contribution in [0.2, 0.25) is 5.02 Å². The van der Waals surface area contributed by atoms with Crippen LogP contribution in [0.25, 0.3) is 0 Å². The molecule has 1 aromatic rings. The molecule has 1 aromatic carbocycles. The SMILES string of the molecule is C#CCN(CC#N)C(=O)c1ccc(O)c(Cl)c1. The van der Waals surface area contributed by atoms with Gasteiger partial charge in [-0.2, -0.15) is 5.26 Å². The molecule has 0 bridgehead atoms. The molecule has 0 aliphatic rings. The Morgan fingerprint density at radius 1 is 1.53 bits per heavy atom. The summed E-state index contributed by atoms with van der Waals surface area (Å²) in [6, 6.07) is 5.93. The van der Waals surface area contributed by atoms with Crippen LogP contribution in [0.4, 0.5) is 0 Å². The Morgan fingerprint density at radius 2 is 2.24 bits per heavy atom. The molecule has 17 heavy (non-hydrogen) atoms. The first-order valence-corrected chi connectivity index (χ1v) is 5.06. The molecule has 0 spiro atoms. The second-order valence-electron chi connectivity index (χ2n) is 3.19. The fourth-order valence-electron chi connectivity index (χ4n) is 1.22. The van der Waals surface area contributed by atoms with Gasteiger partial charge >= 0.3 is 0 Å². The van der Waals surface area contributed by atoms with E-state index in [9.17, 15) is 9.90 Å². The number of amides is 1. The number of nitrogens with zero attached hydrogens (tertiary/aromatic N) is 2. The lowest BCUT2D eigenvalue weighted by Crippen LogP contribution is -2.31. The molecule has 4 nitrogen and oxygen atoms in total. The number of benzene rings is 1. The van der Waals surface area contributed by atoms with Gasteiger partial charge in [0.05, 0.1) is 17.6 Å². The monoisotopic (exact) mass is 248 g/mol. The average Bonchev–Trinajstić information content (AvgIpc) is 2.31. The van der Waals surface area contributed by atoms with E-state index in [2.05, 4.69) is 5.92 Å². The smallest absolute Gasteiger partial charge is 0.255 e. The van der Waals surface area contributed by atoms with Crippen molar-refractivity contribution in [2.24, 2.45) is 0 Å². The van der Waals surface area contributed by atoms with Crippen LogP contribution in [-0.2, 0) is 0 Å². The zero-order chi connectivity index (χ0) is 12.8. The maximum absolute atomic E-state index is 11.9. The van der Waals surface area contributed by atoms with Crippen molar-refractivity contribution in [2.75, 3.05) is 13.1 Å². The third-order valence-corrected chi connectivity index (χ3v) is 2.33.